The van der Waals surface area contributed by atoms with Gasteiger partial charge in [-0.25, -0.2) is 12.8 Å². The molecule has 24 heavy (non-hydrogen) atoms. The lowest BCUT2D eigenvalue weighted by molar-refractivity contribution is 0.216. The van der Waals surface area contributed by atoms with Gasteiger partial charge in [0.15, 0.2) is 5.67 Å². The van der Waals surface area contributed by atoms with Crippen molar-refractivity contribution >= 4 is 32.6 Å². The molecule has 2 rings (SSSR count). The highest BCUT2D eigenvalue weighted by atomic mass is 127. The summed E-state index contributed by atoms with van der Waals surface area (Å²) in [5, 5.41) is 8.90. The second-order valence-corrected chi connectivity index (χ2v) is 10.9. The Hall–Kier alpha value is -0.660. The Morgan fingerprint density at radius 2 is 2.08 bits per heavy atom. The SMILES string of the molecule is CC1(F)CC=C(CN2CCC(I)(CC#N)CC2)C=C1NS(C)(=O)=O. The standard InChI is InChI=1S/C16H23FIN3O2S/c1-15(17)4-3-13(11-14(15)20-24(2,22)23)12-21-9-6-16(18,5-8-19)7-10-21/h3,11,20H,4-7,9-10,12H2,1-2H3. The summed E-state index contributed by atoms with van der Waals surface area (Å²) in [7, 11) is -3.50. The van der Waals surface area contributed by atoms with Gasteiger partial charge >= 0.3 is 0 Å². The number of hydrogen-bond donors (Lipinski definition) is 1. The van der Waals surface area contributed by atoms with Crippen LogP contribution in [0.2, 0.25) is 0 Å². The van der Waals surface area contributed by atoms with Gasteiger partial charge in [0, 0.05) is 22.8 Å². The van der Waals surface area contributed by atoms with E-state index in [0.29, 0.717) is 13.0 Å². The van der Waals surface area contributed by atoms with Gasteiger partial charge in [0.05, 0.1) is 18.0 Å². The van der Waals surface area contributed by atoms with Gasteiger partial charge in [-0.2, -0.15) is 5.26 Å². The molecular formula is C16H23FIN3O2S. The van der Waals surface area contributed by atoms with E-state index >= 15 is 0 Å². The van der Waals surface area contributed by atoms with Crippen molar-refractivity contribution < 1.29 is 12.8 Å². The average molecular weight is 467 g/mol. The number of rotatable bonds is 5. The van der Waals surface area contributed by atoms with Crippen LogP contribution in [-0.4, -0.2) is 48.3 Å². The van der Waals surface area contributed by atoms with Crippen LogP contribution in [0.1, 0.15) is 32.6 Å². The van der Waals surface area contributed by atoms with E-state index in [4.69, 9.17) is 5.26 Å². The summed E-state index contributed by atoms with van der Waals surface area (Å²) >= 11 is 2.39. The van der Waals surface area contributed by atoms with Crippen LogP contribution in [0, 0.1) is 11.3 Å². The number of nitrogens with one attached hydrogen (secondary N) is 1. The van der Waals surface area contributed by atoms with Crippen molar-refractivity contribution in [3.05, 3.63) is 23.4 Å². The largest absolute Gasteiger partial charge is 0.299 e. The van der Waals surface area contributed by atoms with Gasteiger partial charge in [-0.15, -0.1) is 0 Å². The van der Waals surface area contributed by atoms with E-state index in [0.717, 1.165) is 37.8 Å². The van der Waals surface area contributed by atoms with Crippen LogP contribution in [0.15, 0.2) is 23.4 Å². The maximum atomic E-state index is 14.5. The monoisotopic (exact) mass is 467 g/mol. The zero-order chi connectivity index (χ0) is 18.0. The average Bonchev–Trinajstić information content (AvgIpc) is 2.44. The number of allylic oxidation sites excluding steroid dienone is 2. The van der Waals surface area contributed by atoms with Gasteiger partial charge in [0.25, 0.3) is 0 Å². The third-order valence-corrected chi connectivity index (χ3v) is 6.54. The van der Waals surface area contributed by atoms with Crippen molar-refractivity contribution in [2.45, 2.75) is 41.7 Å². The first kappa shape index (κ1) is 19.7. The van der Waals surface area contributed by atoms with E-state index in [-0.39, 0.29) is 15.5 Å². The van der Waals surface area contributed by atoms with Gasteiger partial charge in [-0.1, -0.05) is 28.7 Å². The lowest BCUT2D eigenvalue weighted by atomic mass is 9.90. The second kappa shape index (κ2) is 7.30. The highest BCUT2D eigenvalue weighted by Gasteiger charge is 2.34. The summed E-state index contributed by atoms with van der Waals surface area (Å²) in [5.41, 5.74) is -0.664. The Morgan fingerprint density at radius 1 is 1.46 bits per heavy atom. The molecule has 2 aliphatic rings. The predicted molar refractivity (Wildman–Crippen MR) is 101 cm³/mol. The van der Waals surface area contributed by atoms with Gasteiger partial charge < -0.3 is 0 Å². The smallest absolute Gasteiger partial charge is 0.229 e. The lowest BCUT2D eigenvalue weighted by Crippen LogP contribution is -2.42. The third kappa shape index (κ3) is 5.43. The molecule has 1 fully saturated rings. The molecule has 1 saturated heterocycles. The maximum absolute atomic E-state index is 14.5. The first-order chi connectivity index (χ1) is 11.0. The molecule has 0 radical (unpaired) electrons. The maximum Gasteiger partial charge on any atom is 0.229 e. The number of piperidine rings is 1. The molecule has 1 aliphatic heterocycles. The summed E-state index contributed by atoms with van der Waals surface area (Å²) in [6.45, 7) is 3.83. The Bertz CT molecular complexity index is 687. The number of alkyl halides is 2. The fourth-order valence-corrected chi connectivity index (χ4v) is 4.29. The number of likely N-dealkylation sites (tertiary alicyclic amines) is 1. The highest BCUT2D eigenvalue weighted by Crippen LogP contribution is 2.36. The molecule has 0 aromatic carbocycles. The quantitative estimate of drug-likeness (QED) is 0.499. The van der Waals surface area contributed by atoms with Gasteiger partial charge in [-0.05, 0) is 44.5 Å². The summed E-state index contributed by atoms with van der Waals surface area (Å²) in [6, 6.07) is 2.26. The third-order valence-electron chi connectivity index (χ3n) is 4.49. The molecule has 0 saturated carbocycles. The first-order valence-electron chi connectivity index (χ1n) is 7.89. The van der Waals surface area contributed by atoms with Crippen molar-refractivity contribution in [1.82, 2.24) is 9.62 Å². The first-order valence-corrected chi connectivity index (χ1v) is 10.9. The summed E-state index contributed by atoms with van der Waals surface area (Å²) < 4.78 is 39.8. The van der Waals surface area contributed by atoms with E-state index in [1.165, 1.54) is 6.92 Å². The summed E-state index contributed by atoms with van der Waals surface area (Å²) in [4.78, 5) is 2.27. The number of hydrogen-bond acceptors (Lipinski definition) is 4. The van der Waals surface area contributed by atoms with Crippen molar-refractivity contribution in [3.63, 3.8) is 0 Å². The zero-order valence-corrected chi connectivity index (χ0v) is 17.0. The van der Waals surface area contributed by atoms with Gasteiger partial charge in [0.2, 0.25) is 10.0 Å². The molecule has 0 aromatic heterocycles. The van der Waals surface area contributed by atoms with E-state index in [2.05, 4.69) is 38.3 Å². The van der Waals surface area contributed by atoms with Crippen molar-refractivity contribution in [2.75, 3.05) is 25.9 Å². The van der Waals surface area contributed by atoms with Crippen molar-refractivity contribution in [3.8, 4) is 6.07 Å². The van der Waals surface area contributed by atoms with Crippen LogP contribution in [0.25, 0.3) is 0 Å². The minimum atomic E-state index is -3.50. The molecule has 1 heterocycles. The Morgan fingerprint density at radius 3 is 2.62 bits per heavy atom. The molecular weight excluding hydrogens is 444 g/mol. The molecule has 134 valence electrons. The van der Waals surface area contributed by atoms with E-state index in [1.807, 2.05) is 6.08 Å². The molecule has 0 aromatic rings. The highest BCUT2D eigenvalue weighted by molar-refractivity contribution is 14.1. The minimum Gasteiger partial charge on any atom is -0.299 e. The summed E-state index contributed by atoms with van der Waals surface area (Å²) in [6.07, 6.45) is 7.12. The molecule has 1 atom stereocenters. The Labute approximate surface area is 157 Å². The molecule has 1 N–H and O–H groups in total. The van der Waals surface area contributed by atoms with Gasteiger partial charge in [0.1, 0.15) is 0 Å². The van der Waals surface area contributed by atoms with Gasteiger partial charge in [-0.3, -0.25) is 9.62 Å². The predicted octanol–water partition coefficient (Wildman–Crippen LogP) is 2.66. The normalized spacial score (nSPS) is 27.8. The fourth-order valence-electron chi connectivity index (χ4n) is 2.96. The van der Waals surface area contributed by atoms with Crippen LogP contribution >= 0.6 is 22.6 Å². The minimum absolute atomic E-state index is 0.0559. The number of sulfonamides is 1. The van der Waals surface area contributed by atoms with Crippen LogP contribution in [0.3, 0.4) is 0 Å². The molecule has 0 bridgehead atoms. The Kier molecular flexibility index (Phi) is 5.98. The van der Waals surface area contributed by atoms with Crippen molar-refractivity contribution in [2.24, 2.45) is 0 Å². The molecule has 1 unspecified atom stereocenters. The molecule has 1 aliphatic carbocycles. The fraction of sp³-hybridized carbons (Fsp3) is 0.688. The number of halogens is 2. The summed E-state index contributed by atoms with van der Waals surface area (Å²) in [5.74, 6) is 0. The molecule has 0 amide bonds. The number of nitrogens with zero attached hydrogens (tertiary/aromatic N) is 2. The topological polar surface area (TPSA) is 73.2 Å². The Balaban J connectivity index is 2.01. The lowest BCUT2D eigenvalue weighted by Gasteiger charge is -2.37. The molecule has 8 heteroatoms. The number of nitriles is 1. The van der Waals surface area contributed by atoms with Crippen LogP contribution in [0.5, 0.6) is 0 Å². The van der Waals surface area contributed by atoms with E-state index in [1.54, 1.807) is 6.08 Å². The molecule has 5 nitrogen and oxygen atoms in total. The van der Waals surface area contributed by atoms with Crippen LogP contribution in [0.4, 0.5) is 4.39 Å². The zero-order valence-electron chi connectivity index (χ0n) is 14.0. The molecule has 0 spiro atoms. The van der Waals surface area contributed by atoms with Crippen molar-refractivity contribution in [1.29, 1.82) is 5.26 Å². The van der Waals surface area contributed by atoms with Crippen LogP contribution in [-0.2, 0) is 10.0 Å². The van der Waals surface area contributed by atoms with E-state index in [9.17, 15) is 12.8 Å². The second-order valence-electron chi connectivity index (χ2n) is 6.87. The van der Waals surface area contributed by atoms with E-state index < -0.39 is 15.7 Å². The van der Waals surface area contributed by atoms with Crippen LogP contribution < -0.4 is 4.72 Å².